The number of ether oxygens (including phenoxy) is 3. The predicted octanol–water partition coefficient (Wildman–Crippen LogP) is 3.91. The summed E-state index contributed by atoms with van der Waals surface area (Å²) in [6.45, 7) is 1.72. The van der Waals surface area contributed by atoms with Crippen LogP contribution in [0, 0.1) is 12.7 Å². The van der Waals surface area contributed by atoms with Crippen molar-refractivity contribution in [1.29, 1.82) is 0 Å². The second-order valence-electron chi connectivity index (χ2n) is 7.07. The summed E-state index contributed by atoms with van der Waals surface area (Å²) < 4.78 is 31.1. The van der Waals surface area contributed by atoms with Crippen LogP contribution < -0.4 is 14.8 Å². The Kier molecular flexibility index (Phi) is 6.49. The molecule has 9 nitrogen and oxygen atoms in total. The van der Waals surface area contributed by atoms with E-state index in [4.69, 9.17) is 25.8 Å². The quantitative estimate of drug-likeness (QED) is 0.508. The van der Waals surface area contributed by atoms with Crippen molar-refractivity contribution in [3.05, 3.63) is 40.7 Å². The van der Waals surface area contributed by atoms with Gasteiger partial charge in [-0.2, -0.15) is 0 Å². The molecule has 1 fully saturated rings. The number of rotatable bonds is 7. The third kappa shape index (κ3) is 4.50. The molecule has 0 bridgehead atoms. The Hall–Kier alpha value is -2.89. The van der Waals surface area contributed by atoms with Crippen LogP contribution in [0.2, 0.25) is 5.15 Å². The van der Waals surface area contributed by atoms with Gasteiger partial charge in [0.05, 0.1) is 30.5 Å². The van der Waals surface area contributed by atoms with E-state index < -0.39 is 11.7 Å². The number of hydrogen-bond donors (Lipinski definition) is 1. The van der Waals surface area contributed by atoms with Gasteiger partial charge >= 0.3 is 0 Å². The van der Waals surface area contributed by atoms with Crippen LogP contribution in [0.25, 0.3) is 11.1 Å². The number of carbonyl (C=O) groups excluding carboxylic acids is 1. The molecular weight excluding hydrogens is 461 g/mol. The van der Waals surface area contributed by atoms with E-state index in [1.54, 1.807) is 20.1 Å². The minimum atomic E-state index is -0.799. The highest BCUT2D eigenvalue weighted by Crippen LogP contribution is 2.37. The third-order valence-corrected chi connectivity index (χ3v) is 5.99. The van der Waals surface area contributed by atoms with Crippen molar-refractivity contribution in [2.24, 2.45) is 0 Å². The Labute approximate surface area is 191 Å². The number of nitrogens with one attached hydrogen (secondary N) is 1. The molecule has 32 heavy (non-hydrogen) atoms. The van der Waals surface area contributed by atoms with Crippen LogP contribution in [0.1, 0.15) is 28.9 Å². The lowest BCUT2D eigenvalue weighted by Crippen LogP contribution is -2.38. The fraction of sp³-hybridized carbons (Fsp3) is 0.350. The van der Waals surface area contributed by atoms with Gasteiger partial charge in [-0.3, -0.25) is 15.1 Å². The zero-order valence-corrected chi connectivity index (χ0v) is 19.0. The molecule has 1 aliphatic carbocycles. The van der Waals surface area contributed by atoms with Gasteiger partial charge in [-0.05, 0) is 24.3 Å². The largest absolute Gasteiger partial charge is 0.494 e. The van der Waals surface area contributed by atoms with Crippen LogP contribution in [-0.4, -0.2) is 52.5 Å². The highest BCUT2D eigenvalue weighted by atomic mass is 35.5. The number of nitrogens with zero attached hydrogens (tertiary/aromatic N) is 4. The SMILES string of the molecule is COc1cnc(Cl)c(F)c1-c1cc(C)ncc1C(=O)Nc1nnc(O[C@H]2C[C@H](OC)C2)s1. The zero-order valence-electron chi connectivity index (χ0n) is 17.4. The van der Waals surface area contributed by atoms with Gasteiger partial charge in [0, 0.05) is 37.4 Å². The molecule has 0 spiro atoms. The number of carbonyl (C=O) groups is 1. The Morgan fingerprint density at radius 1 is 1.22 bits per heavy atom. The summed E-state index contributed by atoms with van der Waals surface area (Å²) >= 11 is 6.97. The van der Waals surface area contributed by atoms with Crippen LogP contribution in [0.4, 0.5) is 9.52 Å². The second-order valence-corrected chi connectivity index (χ2v) is 8.37. The smallest absolute Gasteiger partial charge is 0.296 e. The lowest BCUT2D eigenvalue weighted by molar-refractivity contribution is -0.0383. The van der Waals surface area contributed by atoms with Gasteiger partial charge in [-0.15, -0.1) is 5.10 Å². The summed E-state index contributed by atoms with van der Waals surface area (Å²) in [4.78, 5) is 20.9. The number of anilines is 1. The maximum absolute atomic E-state index is 14.9. The van der Waals surface area contributed by atoms with E-state index in [1.807, 2.05) is 0 Å². The molecule has 1 aliphatic rings. The number of pyridine rings is 2. The van der Waals surface area contributed by atoms with Crippen molar-refractivity contribution in [3.8, 4) is 22.1 Å². The lowest BCUT2D eigenvalue weighted by atomic mass is 9.92. The van der Waals surface area contributed by atoms with E-state index in [0.29, 0.717) is 10.9 Å². The van der Waals surface area contributed by atoms with Crippen molar-refractivity contribution in [1.82, 2.24) is 20.2 Å². The number of aromatic nitrogens is 4. The highest BCUT2D eigenvalue weighted by Gasteiger charge is 2.32. The summed E-state index contributed by atoms with van der Waals surface area (Å²) in [7, 11) is 3.04. The highest BCUT2D eigenvalue weighted by molar-refractivity contribution is 7.17. The Balaban J connectivity index is 1.58. The van der Waals surface area contributed by atoms with E-state index >= 15 is 0 Å². The molecule has 168 valence electrons. The summed E-state index contributed by atoms with van der Waals surface area (Å²) in [6.07, 6.45) is 4.40. The molecule has 0 saturated heterocycles. The van der Waals surface area contributed by atoms with E-state index in [9.17, 15) is 9.18 Å². The van der Waals surface area contributed by atoms with Crippen molar-refractivity contribution in [2.45, 2.75) is 32.0 Å². The predicted molar refractivity (Wildman–Crippen MR) is 116 cm³/mol. The lowest BCUT2D eigenvalue weighted by Gasteiger charge is -2.32. The fourth-order valence-electron chi connectivity index (χ4n) is 3.22. The van der Waals surface area contributed by atoms with Gasteiger partial charge in [0.15, 0.2) is 11.0 Å². The Morgan fingerprint density at radius 3 is 2.72 bits per heavy atom. The number of halogens is 2. The Bertz CT molecular complexity index is 1160. The van der Waals surface area contributed by atoms with Crippen LogP contribution in [0.3, 0.4) is 0 Å². The zero-order chi connectivity index (χ0) is 22.8. The molecule has 4 rings (SSSR count). The van der Waals surface area contributed by atoms with Crippen LogP contribution >= 0.6 is 22.9 Å². The molecule has 1 saturated carbocycles. The first-order valence-electron chi connectivity index (χ1n) is 9.59. The molecular formula is C20H19ClFN5O4S. The van der Waals surface area contributed by atoms with Crippen LogP contribution in [0.5, 0.6) is 10.9 Å². The molecule has 0 atom stereocenters. The first-order chi connectivity index (χ1) is 15.4. The molecule has 3 aromatic heterocycles. The molecule has 3 aromatic rings. The standard InChI is InChI=1S/C20H19ClFN5O4S/c1-9-4-12(15-14(30-3)8-24-17(21)16(15)22)13(7-23-9)18(28)25-19-26-27-20(32-19)31-11-5-10(6-11)29-2/h4,7-8,10-11H,5-6H2,1-3H3,(H,25,26,28)/t10-,11-. The summed E-state index contributed by atoms with van der Waals surface area (Å²) in [5.41, 5.74) is 0.957. The molecule has 0 radical (unpaired) electrons. The van der Waals surface area contributed by atoms with Gasteiger partial charge in [-0.25, -0.2) is 9.37 Å². The van der Waals surface area contributed by atoms with Crippen molar-refractivity contribution >= 4 is 34.0 Å². The molecule has 1 N–H and O–H groups in total. The number of methoxy groups -OCH3 is 2. The van der Waals surface area contributed by atoms with Gasteiger partial charge in [-0.1, -0.05) is 16.7 Å². The minimum Gasteiger partial charge on any atom is -0.494 e. The average molecular weight is 480 g/mol. The second kappa shape index (κ2) is 9.31. The van der Waals surface area contributed by atoms with Gasteiger partial charge < -0.3 is 14.2 Å². The topological polar surface area (TPSA) is 108 Å². The Morgan fingerprint density at radius 2 is 2.00 bits per heavy atom. The monoisotopic (exact) mass is 479 g/mol. The van der Waals surface area contributed by atoms with Crippen LogP contribution in [0.15, 0.2) is 18.5 Å². The average Bonchev–Trinajstić information content (AvgIpc) is 3.18. The molecule has 0 aliphatic heterocycles. The van der Waals surface area contributed by atoms with Gasteiger partial charge in [0.25, 0.3) is 11.1 Å². The van der Waals surface area contributed by atoms with Crippen LogP contribution in [-0.2, 0) is 4.74 Å². The van der Waals surface area contributed by atoms with Gasteiger partial charge in [0.1, 0.15) is 11.9 Å². The number of aryl methyl sites for hydroxylation is 1. The maximum atomic E-state index is 14.9. The van der Waals surface area contributed by atoms with E-state index in [2.05, 4.69) is 25.5 Å². The molecule has 0 aromatic carbocycles. The van der Waals surface area contributed by atoms with E-state index in [1.165, 1.54) is 19.5 Å². The van der Waals surface area contributed by atoms with Gasteiger partial charge in [0.2, 0.25) is 5.13 Å². The van der Waals surface area contributed by atoms with E-state index in [-0.39, 0.29) is 44.9 Å². The van der Waals surface area contributed by atoms with E-state index in [0.717, 1.165) is 24.2 Å². The fourth-order valence-corrected chi connectivity index (χ4v) is 4.02. The third-order valence-electron chi connectivity index (χ3n) is 5.00. The minimum absolute atomic E-state index is 0.0104. The molecule has 0 unspecified atom stereocenters. The number of hydrogen-bond acceptors (Lipinski definition) is 9. The summed E-state index contributed by atoms with van der Waals surface area (Å²) in [5.74, 6) is -1.21. The molecule has 1 amide bonds. The first kappa shape index (κ1) is 22.3. The van der Waals surface area contributed by atoms with Crippen molar-refractivity contribution < 1.29 is 23.4 Å². The van der Waals surface area contributed by atoms with Crippen molar-refractivity contribution in [2.75, 3.05) is 19.5 Å². The summed E-state index contributed by atoms with van der Waals surface area (Å²) in [6, 6.07) is 1.57. The summed E-state index contributed by atoms with van der Waals surface area (Å²) in [5, 5.41) is 10.8. The normalized spacial score (nSPS) is 17.5. The molecule has 12 heteroatoms. The maximum Gasteiger partial charge on any atom is 0.296 e. The molecule has 3 heterocycles. The first-order valence-corrected chi connectivity index (χ1v) is 10.8. The number of amides is 1. The van der Waals surface area contributed by atoms with Crippen molar-refractivity contribution in [3.63, 3.8) is 0 Å².